The van der Waals surface area contributed by atoms with Crippen molar-refractivity contribution in [3.63, 3.8) is 0 Å². The SMILES string of the molecule is Cl.O=C1CCCN1C1CCC(Nc2nccc(-c3cn(C4CCCCC4)c(=O)n3-c3ccc(F)cc3)n2)CC1. The largest absolute Gasteiger partial charge is 0.351 e. The molecule has 8 nitrogen and oxygen atoms in total. The van der Waals surface area contributed by atoms with E-state index in [2.05, 4.69) is 15.2 Å². The van der Waals surface area contributed by atoms with Crippen LogP contribution in [0.15, 0.2) is 47.5 Å². The standard InChI is InChI=1S/C29H35FN6O2.ClH/c30-20-8-12-24(13-9-20)36-26(19-35(29(36)38)22-5-2-1-3-6-22)25-16-17-31-28(33-25)32-21-10-14-23(15-11-21)34-18-4-7-27(34)37;/h8-9,12-13,16-17,19,21-23H,1-7,10-11,14-15,18H2,(H,31,32,33);1H. The molecule has 10 heteroatoms. The minimum atomic E-state index is -0.340. The quantitative estimate of drug-likeness (QED) is 0.434. The van der Waals surface area contributed by atoms with Gasteiger partial charge in [0.05, 0.1) is 17.1 Å². The Bertz CT molecular complexity index is 1340. The molecular formula is C29H36ClFN6O2. The molecule has 0 bridgehead atoms. The van der Waals surface area contributed by atoms with Crippen LogP contribution < -0.4 is 11.0 Å². The summed E-state index contributed by atoms with van der Waals surface area (Å²) in [6.07, 6.45) is 14.6. The second kappa shape index (κ2) is 11.9. The number of aromatic nitrogens is 4. The lowest BCUT2D eigenvalue weighted by Gasteiger charge is -2.34. The zero-order valence-corrected chi connectivity index (χ0v) is 22.9. The third-order valence-corrected chi connectivity index (χ3v) is 8.47. The molecule has 0 unspecified atom stereocenters. The smallest absolute Gasteiger partial charge is 0.333 e. The molecule has 2 aromatic heterocycles. The van der Waals surface area contributed by atoms with Crippen LogP contribution in [0, 0.1) is 5.82 Å². The van der Waals surface area contributed by atoms with Gasteiger partial charge in [-0.3, -0.25) is 13.9 Å². The van der Waals surface area contributed by atoms with Gasteiger partial charge in [0, 0.05) is 43.5 Å². The molecule has 1 N–H and O–H groups in total. The average molecular weight is 555 g/mol. The van der Waals surface area contributed by atoms with Crippen molar-refractivity contribution in [3.05, 3.63) is 59.0 Å². The second-order valence-electron chi connectivity index (χ2n) is 10.9. The molecule has 2 aliphatic carbocycles. The monoisotopic (exact) mass is 554 g/mol. The van der Waals surface area contributed by atoms with Gasteiger partial charge < -0.3 is 10.2 Å². The topological polar surface area (TPSA) is 85.0 Å². The first-order chi connectivity index (χ1) is 18.6. The summed E-state index contributed by atoms with van der Waals surface area (Å²) in [5, 5.41) is 3.50. The number of carbonyl (C=O) groups excluding carboxylic acids is 1. The Kier molecular flexibility index (Phi) is 8.35. The van der Waals surface area contributed by atoms with Crippen LogP contribution in [0.3, 0.4) is 0 Å². The maximum Gasteiger partial charge on any atom is 0.333 e. The fourth-order valence-corrected chi connectivity index (χ4v) is 6.44. The highest BCUT2D eigenvalue weighted by molar-refractivity contribution is 5.85. The van der Waals surface area contributed by atoms with Gasteiger partial charge in [-0.2, -0.15) is 0 Å². The number of amides is 1. The molecule has 6 rings (SSSR count). The number of nitrogens with one attached hydrogen (secondary N) is 1. The Morgan fingerprint density at radius 2 is 1.62 bits per heavy atom. The van der Waals surface area contributed by atoms with E-state index in [9.17, 15) is 14.0 Å². The number of rotatable bonds is 6. The van der Waals surface area contributed by atoms with Crippen LogP contribution in [-0.4, -0.2) is 48.5 Å². The summed E-state index contributed by atoms with van der Waals surface area (Å²) in [4.78, 5) is 37.1. The van der Waals surface area contributed by atoms with Crippen molar-refractivity contribution in [2.75, 3.05) is 11.9 Å². The molecule has 1 aromatic carbocycles. The zero-order valence-electron chi connectivity index (χ0n) is 22.1. The van der Waals surface area contributed by atoms with Gasteiger partial charge >= 0.3 is 5.69 Å². The fourth-order valence-electron chi connectivity index (χ4n) is 6.44. The van der Waals surface area contributed by atoms with Gasteiger partial charge in [-0.1, -0.05) is 19.3 Å². The Balaban J connectivity index is 0.00000308. The fraction of sp³-hybridized carbons (Fsp3) is 0.517. The molecule has 0 atom stereocenters. The predicted molar refractivity (Wildman–Crippen MR) is 151 cm³/mol. The first-order valence-electron chi connectivity index (χ1n) is 14.1. The second-order valence-corrected chi connectivity index (χ2v) is 10.9. The summed E-state index contributed by atoms with van der Waals surface area (Å²) in [6.45, 7) is 0.892. The third kappa shape index (κ3) is 5.73. The van der Waals surface area contributed by atoms with Crippen molar-refractivity contribution in [3.8, 4) is 17.1 Å². The van der Waals surface area contributed by atoms with Gasteiger partial charge in [0.2, 0.25) is 11.9 Å². The van der Waals surface area contributed by atoms with E-state index in [0.717, 1.165) is 64.3 Å². The van der Waals surface area contributed by atoms with Crippen molar-refractivity contribution in [2.45, 2.75) is 88.8 Å². The molecule has 1 aliphatic heterocycles. The number of carbonyl (C=O) groups is 1. The predicted octanol–water partition coefficient (Wildman–Crippen LogP) is 5.51. The van der Waals surface area contributed by atoms with Gasteiger partial charge in [-0.15, -0.1) is 12.4 Å². The van der Waals surface area contributed by atoms with Crippen molar-refractivity contribution in [1.82, 2.24) is 24.0 Å². The molecule has 1 saturated heterocycles. The van der Waals surface area contributed by atoms with Gasteiger partial charge in [0.1, 0.15) is 5.82 Å². The van der Waals surface area contributed by atoms with Crippen molar-refractivity contribution >= 4 is 24.3 Å². The molecule has 2 saturated carbocycles. The van der Waals surface area contributed by atoms with E-state index in [4.69, 9.17) is 4.98 Å². The number of benzene rings is 1. The summed E-state index contributed by atoms with van der Waals surface area (Å²) >= 11 is 0. The number of hydrogen-bond acceptors (Lipinski definition) is 5. The van der Waals surface area contributed by atoms with Crippen LogP contribution in [0.25, 0.3) is 17.1 Å². The van der Waals surface area contributed by atoms with E-state index < -0.39 is 0 Å². The van der Waals surface area contributed by atoms with Crippen LogP contribution in [-0.2, 0) is 4.79 Å². The number of imidazole rings is 1. The van der Waals surface area contributed by atoms with E-state index >= 15 is 0 Å². The van der Waals surface area contributed by atoms with Gasteiger partial charge in [0.15, 0.2) is 0 Å². The number of likely N-dealkylation sites (tertiary alicyclic amines) is 1. The van der Waals surface area contributed by atoms with Gasteiger partial charge in [-0.05, 0) is 75.3 Å². The Morgan fingerprint density at radius 1 is 0.872 bits per heavy atom. The summed E-state index contributed by atoms with van der Waals surface area (Å²) in [5.41, 5.74) is 1.81. The zero-order chi connectivity index (χ0) is 26.1. The van der Waals surface area contributed by atoms with Crippen LogP contribution in [0.4, 0.5) is 10.3 Å². The molecule has 3 heterocycles. The normalized spacial score (nSPS) is 22.1. The molecule has 3 fully saturated rings. The van der Waals surface area contributed by atoms with E-state index in [0.29, 0.717) is 41.4 Å². The molecule has 3 aromatic rings. The first kappa shape index (κ1) is 27.4. The van der Waals surface area contributed by atoms with Gasteiger partial charge in [-0.25, -0.2) is 19.2 Å². The number of hydrogen-bond donors (Lipinski definition) is 1. The lowest BCUT2D eigenvalue weighted by molar-refractivity contribution is -0.130. The van der Waals surface area contributed by atoms with Crippen LogP contribution in [0.1, 0.15) is 76.7 Å². The lowest BCUT2D eigenvalue weighted by Crippen LogP contribution is -2.41. The highest BCUT2D eigenvalue weighted by Gasteiger charge is 2.31. The van der Waals surface area contributed by atoms with Crippen LogP contribution >= 0.6 is 12.4 Å². The summed E-state index contributed by atoms with van der Waals surface area (Å²) in [5.74, 6) is 0.490. The van der Waals surface area contributed by atoms with E-state index in [-0.39, 0.29) is 36.0 Å². The van der Waals surface area contributed by atoms with Crippen molar-refractivity contribution in [2.24, 2.45) is 0 Å². The number of nitrogens with zero attached hydrogens (tertiary/aromatic N) is 5. The summed E-state index contributed by atoms with van der Waals surface area (Å²) in [7, 11) is 0. The maximum atomic E-state index is 13.7. The highest BCUT2D eigenvalue weighted by Crippen LogP contribution is 2.31. The van der Waals surface area contributed by atoms with Crippen LogP contribution in [0.5, 0.6) is 0 Å². The minimum Gasteiger partial charge on any atom is -0.351 e. The third-order valence-electron chi connectivity index (χ3n) is 8.47. The summed E-state index contributed by atoms with van der Waals surface area (Å²) in [6, 6.07) is 8.59. The van der Waals surface area contributed by atoms with E-state index in [1.54, 1.807) is 22.9 Å². The average Bonchev–Trinajstić information content (AvgIpc) is 3.53. The van der Waals surface area contributed by atoms with E-state index in [1.165, 1.54) is 18.6 Å². The van der Waals surface area contributed by atoms with E-state index in [1.807, 2.05) is 16.8 Å². The van der Waals surface area contributed by atoms with Crippen molar-refractivity contribution < 1.29 is 9.18 Å². The molecular weight excluding hydrogens is 519 g/mol. The maximum absolute atomic E-state index is 13.7. The first-order valence-corrected chi connectivity index (χ1v) is 14.1. The number of halogens is 2. The molecule has 0 spiro atoms. The number of anilines is 1. The molecule has 0 radical (unpaired) electrons. The Labute approximate surface area is 234 Å². The highest BCUT2D eigenvalue weighted by atomic mass is 35.5. The van der Waals surface area contributed by atoms with Crippen molar-refractivity contribution in [1.29, 1.82) is 0 Å². The Hall–Kier alpha value is -3.20. The Morgan fingerprint density at radius 3 is 2.31 bits per heavy atom. The van der Waals surface area contributed by atoms with Crippen LogP contribution in [0.2, 0.25) is 0 Å². The molecule has 3 aliphatic rings. The summed E-state index contributed by atoms with van der Waals surface area (Å²) < 4.78 is 17.2. The van der Waals surface area contributed by atoms with Gasteiger partial charge in [0.25, 0.3) is 0 Å². The lowest BCUT2D eigenvalue weighted by atomic mass is 9.90. The minimum absolute atomic E-state index is 0. The molecule has 39 heavy (non-hydrogen) atoms. The molecule has 1 amide bonds. The molecule has 208 valence electrons.